The van der Waals surface area contributed by atoms with Crippen molar-refractivity contribution in [2.24, 2.45) is 5.92 Å². The lowest BCUT2D eigenvalue weighted by molar-refractivity contribution is -0.0191. The van der Waals surface area contributed by atoms with Crippen molar-refractivity contribution in [1.29, 1.82) is 0 Å². The highest BCUT2D eigenvalue weighted by Gasteiger charge is 2.43. The number of piperidine rings is 1. The maximum atomic E-state index is 9.56. The van der Waals surface area contributed by atoms with Gasteiger partial charge in [-0.05, 0) is 49.3 Å². The number of aliphatic hydroxyl groups is 1. The van der Waals surface area contributed by atoms with E-state index in [2.05, 4.69) is 29.7 Å². The smallest absolute Gasteiger partial charge is 0.0685 e. The number of aliphatic hydroxyl groups excluding tert-OH is 1. The molecule has 2 aliphatic rings. The van der Waals surface area contributed by atoms with Gasteiger partial charge in [-0.3, -0.25) is 4.90 Å². The van der Waals surface area contributed by atoms with Gasteiger partial charge in [-0.15, -0.1) is 6.58 Å². The second-order valence-electron chi connectivity index (χ2n) is 6.82. The van der Waals surface area contributed by atoms with Crippen LogP contribution in [0.3, 0.4) is 0 Å². The average Bonchev–Trinajstić information content (AvgIpc) is 2.51. The van der Waals surface area contributed by atoms with E-state index in [4.69, 9.17) is 0 Å². The van der Waals surface area contributed by atoms with E-state index < -0.39 is 0 Å². The van der Waals surface area contributed by atoms with Crippen LogP contribution in [0.25, 0.3) is 0 Å². The Morgan fingerprint density at radius 3 is 2.86 bits per heavy atom. The lowest BCUT2D eigenvalue weighted by Crippen LogP contribution is -2.55. The number of rotatable bonds is 5. The Morgan fingerprint density at radius 1 is 1.29 bits per heavy atom. The fourth-order valence-corrected chi connectivity index (χ4v) is 4.47. The Kier molecular flexibility index (Phi) is 4.46. The summed E-state index contributed by atoms with van der Waals surface area (Å²) in [6.45, 7) is 6.31. The minimum Gasteiger partial charge on any atom is -0.392 e. The van der Waals surface area contributed by atoms with E-state index in [9.17, 15) is 5.11 Å². The molecule has 2 bridgehead atoms. The second kappa shape index (κ2) is 6.33. The van der Waals surface area contributed by atoms with E-state index in [1.54, 1.807) is 0 Å². The van der Waals surface area contributed by atoms with Crippen LogP contribution >= 0.6 is 0 Å². The molecule has 2 atom stereocenters. The van der Waals surface area contributed by atoms with Gasteiger partial charge in [-0.25, -0.2) is 0 Å². The molecular formula is C19H27NO. The topological polar surface area (TPSA) is 23.5 Å². The molecule has 2 fully saturated rings. The molecule has 1 N–H and O–H groups in total. The molecule has 0 radical (unpaired) electrons. The van der Waals surface area contributed by atoms with E-state index in [1.807, 2.05) is 12.1 Å². The molecule has 0 spiro atoms. The number of likely N-dealkylation sites (tertiary alicyclic amines) is 1. The van der Waals surface area contributed by atoms with E-state index in [0.717, 1.165) is 24.4 Å². The van der Waals surface area contributed by atoms with Crippen molar-refractivity contribution in [3.63, 3.8) is 0 Å². The molecule has 1 heterocycles. The summed E-state index contributed by atoms with van der Waals surface area (Å²) in [5, 5.41) is 9.56. The molecule has 0 unspecified atom stereocenters. The van der Waals surface area contributed by atoms with Crippen molar-refractivity contribution in [2.45, 2.75) is 57.2 Å². The molecule has 3 rings (SSSR count). The van der Waals surface area contributed by atoms with Crippen molar-refractivity contribution < 1.29 is 5.11 Å². The molecule has 1 aromatic carbocycles. The monoisotopic (exact) mass is 285 g/mol. The Hall–Kier alpha value is -1.12. The Balaban J connectivity index is 1.83. The van der Waals surface area contributed by atoms with Crippen LogP contribution < -0.4 is 0 Å². The van der Waals surface area contributed by atoms with Gasteiger partial charge in [0.25, 0.3) is 0 Å². The molecule has 1 saturated heterocycles. The predicted octanol–water partition coefficient (Wildman–Crippen LogP) is 3.89. The second-order valence-corrected chi connectivity index (χ2v) is 6.82. The SMILES string of the molecule is C=CC[C@]12CCC[C@H](CCN1Cc1ccccc1CO)C2. The summed E-state index contributed by atoms with van der Waals surface area (Å²) in [6, 6.07) is 8.31. The third kappa shape index (κ3) is 2.93. The van der Waals surface area contributed by atoms with Gasteiger partial charge in [0.05, 0.1) is 6.61 Å². The van der Waals surface area contributed by atoms with Crippen LogP contribution in [0.2, 0.25) is 0 Å². The third-order valence-corrected chi connectivity index (χ3v) is 5.58. The first-order chi connectivity index (χ1) is 10.3. The number of fused-ring (bicyclic) bond motifs is 2. The molecule has 1 aliphatic heterocycles. The predicted molar refractivity (Wildman–Crippen MR) is 86.9 cm³/mol. The first-order valence-electron chi connectivity index (χ1n) is 8.31. The van der Waals surface area contributed by atoms with E-state index >= 15 is 0 Å². The zero-order valence-electron chi connectivity index (χ0n) is 12.9. The van der Waals surface area contributed by atoms with Crippen LogP contribution in [0.4, 0.5) is 0 Å². The minimum absolute atomic E-state index is 0.140. The normalized spacial score (nSPS) is 29.3. The molecule has 21 heavy (non-hydrogen) atoms. The Bertz CT molecular complexity index is 498. The molecule has 1 saturated carbocycles. The van der Waals surface area contributed by atoms with Gasteiger partial charge >= 0.3 is 0 Å². The number of hydrogen-bond donors (Lipinski definition) is 1. The zero-order chi connectivity index (χ0) is 14.7. The summed E-state index contributed by atoms with van der Waals surface area (Å²) in [4.78, 5) is 2.68. The quantitative estimate of drug-likeness (QED) is 0.830. The molecule has 2 heteroatoms. The zero-order valence-corrected chi connectivity index (χ0v) is 12.9. The number of benzene rings is 1. The number of hydrogen-bond acceptors (Lipinski definition) is 2. The lowest BCUT2D eigenvalue weighted by atomic mass is 9.69. The van der Waals surface area contributed by atoms with Crippen LogP contribution in [0.1, 0.15) is 49.7 Å². The molecule has 0 amide bonds. The van der Waals surface area contributed by atoms with Crippen LogP contribution in [0.5, 0.6) is 0 Å². The minimum atomic E-state index is 0.140. The van der Waals surface area contributed by atoms with Crippen LogP contribution in [-0.2, 0) is 13.2 Å². The van der Waals surface area contributed by atoms with Gasteiger partial charge in [0, 0.05) is 12.1 Å². The Labute approximate surface area is 128 Å². The highest BCUT2D eigenvalue weighted by Crippen LogP contribution is 2.45. The maximum absolute atomic E-state index is 9.56. The van der Waals surface area contributed by atoms with Gasteiger partial charge in [0.1, 0.15) is 0 Å². The molecule has 1 aliphatic carbocycles. The van der Waals surface area contributed by atoms with E-state index in [1.165, 1.54) is 44.2 Å². The summed E-state index contributed by atoms with van der Waals surface area (Å²) in [7, 11) is 0. The van der Waals surface area contributed by atoms with Crippen LogP contribution in [0, 0.1) is 5.92 Å². The molecule has 1 aromatic rings. The van der Waals surface area contributed by atoms with Crippen molar-refractivity contribution in [3.8, 4) is 0 Å². The maximum Gasteiger partial charge on any atom is 0.0685 e. The van der Waals surface area contributed by atoms with E-state index in [0.29, 0.717) is 5.54 Å². The van der Waals surface area contributed by atoms with Crippen molar-refractivity contribution in [1.82, 2.24) is 4.90 Å². The fourth-order valence-electron chi connectivity index (χ4n) is 4.47. The van der Waals surface area contributed by atoms with Crippen LogP contribution in [0.15, 0.2) is 36.9 Å². The summed E-state index contributed by atoms with van der Waals surface area (Å²) in [5.41, 5.74) is 2.68. The molecule has 0 aromatic heterocycles. The lowest BCUT2D eigenvalue weighted by Gasteiger charge is -2.53. The van der Waals surface area contributed by atoms with Crippen molar-refractivity contribution >= 4 is 0 Å². The fraction of sp³-hybridized carbons (Fsp3) is 0.579. The Morgan fingerprint density at radius 2 is 2.10 bits per heavy atom. The molecule has 114 valence electrons. The standard InChI is InChI=1S/C19H27NO/c1-2-10-19-11-5-6-16(13-19)9-12-20(19)14-17-7-3-4-8-18(17)15-21/h2-4,7-8,16,21H,1,5-6,9-15H2/t16-,19-/m1/s1. The van der Waals surface area contributed by atoms with Gasteiger partial charge in [0.2, 0.25) is 0 Å². The van der Waals surface area contributed by atoms with Gasteiger partial charge in [-0.2, -0.15) is 0 Å². The van der Waals surface area contributed by atoms with Crippen LogP contribution in [-0.4, -0.2) is 22.1 Å². The molecule has 2 nitrogen and oxygen atoms in total. The highest BCUT2D eigenvalue weighted by atomic mass is 16.3. The van der Waals surface area contributed by atoms with Gasteiger partial charge < -0.3 is 5.11 Å². The van der Waals surface area contributed by atoms with Crippen molar-refractivity contribution in [2.75, 3.05) is 6.54 Å². The first-order valence-corrected chi connectivity index (χ1v) is 8.31. The number of nitrogens with zero attached hydrogens (tertiary/aromatic N) is 1. The summed E-state index contributed by atoms with van der Waals surface area (Å²) in [6.07, 6.45) is 9.96. The largest absolute Gasteiger partial charge is 0.392 e. The summed E-state index contributed by atoms with van der Waals surface area (Å²) < 4.78 is 0. The average molecular weight is 285 g/mol. The summed E-state index contributed by atoms with van der Waals surface area (Å²) in [5.74, 6) is 0.919. The highest BCUT2D eigenvalue weighted by molar-refractivity contribution is 5.27. The molecular weight excluding hydrogens is 258 g/mol. The third-order valence-electron chi connectivity index (χ3n) is 5.58. The van der Waals surface area contributed by atoms with E-state index in [-0.39, 0.29) is 6.61 Å². The van der Waals surface area contributed by atoms with Gasteiger partial charge in [-0.1, -0.05) is 43.2 Å². The van der Waals surface area contributed by atoms with Crippen molar-refractivity contribution in [3.05, 3.63) is 48.0 Å². The first kappa shape index (κ1) is 14.8. The summed E-state index contributed by atoms with van der Waals surface area (Å²) >= 11 is 0. The van der Waals surface area contributed by atoms with Gasteiger partial charge in [0.15, 0.2) is 0 Å².